The molecule has 1 saturated carbocycles. The Balaban J connectivity index is 2.55. The number of nitrogens with one attached hydrogen (secondary N) is 1. The third kappa shape index (κ3) is 4.97. The average molecular weight is 240 g/mol. The van der Waals surface area contributed by atoms with E-state index in [1.54, 1.807) is 0 Å². The van der Waals surface area contributed by atoms with Crippen LogP contribution in [0.25, 0.3) is 0 Å². The molecule has 2 nitrogen and oxygen atoms in total. The molecule has 0 radical (unpaired) electrons. The molecule has 1 aliphatic carbocycles. The van der Waals surface area contributed by atoms with E-state index < -0.39 is 0 Å². The molecular weight excluding hydrogens is 208 g/mol. The second-order valence-corrected chi connectivity index (χ2v) is 6.21. The summed E-state index contributed by atoms with van der Waals surface area (Å²) in [6.07, 6.45) is 6.93. The van der Waals surface area contributed by atoms with Gasteiger partial charge in [0.2, 0.25) is 0 Å². The predicted octanol–water partition coefficient (Wildman–Crippen LogP) is 3.13. The van der Waals surface area contributed by atoms with Gasteiger partial charge in [0.15, 0.2) is 0 Å². The van der Waals surface area contributed by atoms with E-state index >= 15 is 0 Å². The van der Waals surface area contributed by atoms with Crippen LogP contribution in [0.3, 0.4) is 0 Å². The van der Waals surface area contributed by atoms with Crippen LogP contribution in [0.1, 0.15) is 52.9 Å². The molecule has 0 aliphatic heterocycles. The SMILES string of the molecule is CCCNCC1(CN(C)CC)CCCC(C)C1. The number of hydrogen-bond acceptors (Lipinski definition) is 2. The van der Waals surface area contributed by atoms with Crippen molar-refractivity contribution in [1.29, 1.82) is 0 Å². The van der Waals surface area contributed by atoms with Crippen molar-refractivity contribution in [3.05, 3.63) is 0 Å². The van der Waals surface area contributed by atoms with Gasteiger partial charge in [0.05, 0.1) is 0 Å². The van der Waals surface area contributed by atoms with Crippen molar-refractivity contribution >= 4 is 0 Å². The Kier molecular flexibility index (Phi) is 6.50. The van der Waals surface area contributed by atoms with Crippen molar-refractivity contribution in [3.8, 4) is 0 Å². The van der Waals surface area contributed by atoms with E-state index in [1.807, 2.05) is 0 Å². The molecule has 17 heavy (non-hydrogen) atoms. The number of rotatable bonds is 7. The maximum absolute atomic E-state index is 3.67. The molecule has 0 aromatic heterocycles. The van der Waals surface area contributed by atoms with Crippen molar-refractivity contribution in [1.82, 2.24) is 10.2 Å². The van der Waals surface area contributed by atoms with Gasteiger partial charge >= 0.3 is 0 Å². The molecule has 1 fully saturated rings. The zero-order valence-electron chi connectivity index (χ0n) is 12.4. The lowest BCUT2D eigenvalue weighted by Crippen LogP contribution is -2.45. The van der Waals surface area contributed by atoms with Crippen molar-refractivity contribution < 1.29 is 0 Å². The maximum Gasteiger partial charge on any atom is 0.00471 e. The summed E-state index contributed by atoms with van der Waals surface area (Å²) in [6, 6.07) is 0. The minimum absolute atomic E-state index is 0.539. The van der Waals surface area contributed by atoms with Crippen LogP contribution in [0.15, 0.2) is 0 Å². The van der Waals surface area contributed by atoms with Crippen molar-refractivity contribution in [2.75, 3.05) is 33.2 Å². The van der Waals surface area contributed by atoms with Crippen LogP contribution in [0.4, 0.5) is 0 Å². The van der Waals surface area contributed by atoms with E-state index in [4.69, 9.17) is 0 Å². The first kappa shape index (κ1) is 15.0. The minimum atomic E-state index is 0.539. The third-order valence-corrected chi connectivity index (χ3v) is 4.26. The van der Waals surface area contributed by atoms with E-state index in [-0.39, 0.29) is 0 Å². The van der Waals surface area contributed by atoms with Gasteiger partial charge in [-0.05, 0) is 50.7 Å². The molecular formula is C15H32N2. The molecule has 0 heterocycles. The Morgan fingerprint density at radius 1 is 1.35 bits per heavy atom. The van der Waals surface area contributed by atoms with Crippen LogP contribution in [0, 0.1) is 11.3 Å². The lowest BCUT2D eigenvalue weighted by Gasteiger charge is -2.42. The summed E-state index contributed by atoms with van der Waals surface area (Å²) in [5.74, 6) is 0.914. The van der Waals surface area contributed by atoms with Crippen LogP contribution < -0.4 is 5.32 Å². The smallest absolute Gasteiger partial charge is 0.00471 e. The Morgan fingerprint density at radius 3 is 2.71 bits per heavy atom. The molecule has 2 heteroatoms. The Labute approximate surface area is 108 Å². The Bertz CT molecular complexity index is 205. The molecule has 1 aliphatic rings. The molecule has 0 bridgehead atoms. The van der Waals surface area contributed by atoms with Gasteiger partial charge in [-0.15, -0.1) is 0 Å². The van der Waals surface area contributed by atoms with Gasteiger partial charge in [-0.2, -0.15) is 0 Å². The van der Waals surface area contributed by atoms with E-state index in [2.05, 4.69) is 38.0 Å². The first-order valence-electron chi connectivity index (χ1n) is 7.51. The highest BCUT2D eigenvalue weighted by molar-refractivity contribution is 4.89. The largest absolute Gasteiger partial charge is 0.316 e. The highest BCUT2D eigenvalue weighted by Gasteiger charge is 2.35. The molecule has 102 valence electrons. The van der Waals surface area contributed by atoms with Gasteiger partial charge < -0.3 is 10.2 Å². The lowest BCUT2D eigenvalue weighted by atomic mass is 9.69. The summed E-state index contributed by atoms with van der Waals surface area (Å²) in [5.41, 5.74) is 0.539. The summed E-state index contributed by atoms with van der Waals surface area (Å²) < 4.78 is 0. The fourth-order valence-electron chi connectivity index (χ4n) is 3.34. The van der Waals surface area contributed by atoms with Gasteiger partial charge in [-0.3, -0.25) is 0 Å². The summed E-state index contributed by atoms with van der Waals surface area (Å²) in [5, 5.41) is 3.67. The quantitative estimate of drug-likeness (QED) is 0.688. The van der Waals surface area contributed by atoms with Gasteiger partial charge in [0.1, 0.15) is 0 Å². The van der Waals surface area contributed by atoms with E-state index in [0.29, 0.717) is 5.41 Å². The highest BCUT2D eigenvalue weighted by Crippen LogP contribution is 2.39. The summed E-state index contributed by atoms with van der Waals surface area (Å²) >= 11 is 0. The molecule has 1 rings (SSSR count). The van der Waals surface area contributed by atoms with Gasteiger partial charge in [-0.1, -0.05) is 33.6 Å². The highest BCUT2D eigenvalue weighted by atomic mass is 15.1. The molecule has 2 unspecified atom stereocenters. The average Bonchev–Trinajstić information content (AvgIpc) is 2.29. The monoisotopic (exact) mass is 240 g/mol. The second-order valence-electron chi connectivity index (χ2n) is 6.21. The molecule has 2 atom stereocenters. The van der Waals surface area contributed by atoms with E-state index in [9.17, 15) is 0 Å². The minimum Gasteiger partial charge on any atom is -0.316 e. The second kappa shape index (κ2) is 7.38. The molecule has 1 N–H and O–H groups in total. The molecule has 0 amide bonds. The number of nitrogens with zero attached hydrogens (tertiary/aromatic N) is 1. The Morgan fingerprint density at radius 2 is 2.12 bits per heavy atom. The van der Waals surface area contributed by atoms with Crippen LogP contribution in [-0.2, 0) is 0 Å². The van der Waals surface area contributed by atoms with Crippen LogP contribution in [0.5, 0.6) is 0 Å². The van der Waals surface area contributed by atoms with Gasteiger partial charge in [0, 0.05) is 13.1 Å². The van der Waals surface area contributed by atoms with Gasteiger partial charge in [0.25, 0.3) is 0 Å². The topological polar surface area (TPSA) is 15.3 Å². The first-order chi connectivity index (χ1) is 8.12. The van der Waals surface area contributed by atoms with Crippen molar-refractivity contribution in [2.24, 2.45) is 11.3 Å². The number of hydrogen-bond donors (Lipinski definition) is 1. The van der Waals surface area contributed by atoms with Crippen LogP contribution >= 0.6 is 0 Å². The zero-order chi connectivity index (χ0) is 12.7. The molecule has 0 aromatic carbocycles. The molecule has 0 saturated heterocycles. The molecule has 0 spiro atoms. The van der Waals surface area contributed by atoms with Crippen LogP contribution in [-0.4, -0.2) is 38.1 Å². The lowest BCUT2D eigenvalue weighted by molar-refractivity contribution is 0.0943. The standard InChI is InChI=1S/C15H32N2/c1-5-10-16-12-15(13-17(4)6-2)9-7-8-14(3)11-15/h14,16H,5-13H2,1-4H3. The summed E-state index contributed by atoms with van der Waals surface area (Å²) in [6.45, 7) is 11.8. The molecule has 0 aromatic rings. The predicted molar refractivity (Wildman–Crippen MR) is 76.4 cm³/mol. The van der Waals surface area contributed by atoms with Gasteiger partial charge in [-0.25, -0.2) is 0 Å². The maximum atomic E-state index is 3.67. The third-order valence-electron chi connectivity index (χ3n) is 4.26. The normalized spacial score (nSPS) is 29.8. The summed E-state index contributed by atoms with van der Waals surface area (Å²) in [7, 11) is 2.26. The van der Waals surface area contributed by atoms with Crippen LogP contribution in [0.2, 0.25) is 0 Å². The van der Waals surface area contributed by atoms with Crippen molar-refractivity contribution in [2.45, 2.75) is 52.9 Å². The zero-order valence-corrected chi connectivity index (χ0v) is 12.4. The summed E-state index contributed by atoms with van der Waals surface area (Å²) in [4.78, 5) is 2.49. The van der Waals surface area contributed by atoms with Crippen molar-refractivity contribution in [3.63, 3.8) is 0 Å². The first-order valence-corrected chi connectivity index (χ1v) is 7.51. The fourth-order valence-corrected chi connectivity index (χ4v) is 3.34. The fraction of sp³-hybridized carbons (Fsp3) is 1.00. The Hall–Kier alpha value is -0.0800. The van der Waals surface area contributed by atoms with E-state index in [1.165, 1.54) is 58.3 Å². The van der Waals surface area contributed by atoms with E-state index in [0.717, 1.165) is 5.92 Å².